The molecule has 7 atom stereocenters. The quantitative estimate of drug-likeness (QED) is 0.00650. The molecule has 4 aromatic heterocycles. The van der Waals surface area contributed by atoms with Crippen LogP contribution in [0.15, 0.2) is 182 Å². The van der Waals surface area contributed by atoms with Crippen LogP contribution in [0.2, 0.25) is 0 Å². The molecular weight excluding hydrogens is 2160 g/mol. The summed E-state index contributed by atoms with van der Waals surface area (Å²) in [6.45, 7) is 5.97. The van der Waals surface area contributed by atoms with E-state index in [1.54, 1.807) is 68.9 Å². The molecule has 141 heavy (non-hydrogen) atoms. The number of amides is 4. The molecular formula is C82H111BLiN8O33S16. The number of thioether (sulfide) groups is 1. The molecule has 0 saturated heterocycles. The van der Waals surface area contributed by atoms with E-state index in [1.165, 1.54) is 117 Å². The van der Waals surface area contributed by atoms with Gasteiger partial charge in [0.25, 0.3) is 23.6 Å². The summed E-state index contributed by atoms with van der Waals surface area (Å²) in [5, 5.41) is 40.7. The Morgan fingerprint density at radius 3 is 0.950 bits per heavy atom. The molecule has 0 spiro atoms. The van der Waals surface area contributed by atoms with E-state index < -0.39 is 172 Å². The van der Waals surface area contributed by atoms with Crippen molar-refractivity contribution >= 4 is 225 Å². The third kappa shape index (κ3) is 46.4. The number of hydrogen-bond donors (Lipinski definition) is 12. The molecule has 777 valence electrons. The van der Waals surface area contributed by atoms with Gasteiger partial charge in [0.15, 0.2) is 39.3 Å². The Balaban J connectivity index is 0.000000934. The van der Waals surface area contributed by atoms with Crippen molar-refractivity contribution in [3.63, 3.8) is 0 Å². The number of methoxy groups -OCH3 is 2. The summed E-state index contributed by atoms with van der Waals surface area (Å²) in [5.41, 5.74) is 2.43. The summed E-state index contributed by atoms with van der Waals surface area (Å²) in [4.78, 5) is 94.7. The molecule has 0 aliphatic heterocycles. The third-order valence-corrected chi connectivity index (χ3v) is 41.2. The summed E-state index contributed by atoms with van der Waals surface area (Å²) >= 11 is 5.17. The average Bonchev–Trinajstić information content (AvgIpc) is 1.75. The largest absolute Gasteiger partial charge is 1.00 e. The van der Waals surface area contributed by atoms with E-state index in [-0.39, 0.29) is 166 Å². The van der Waals surface area contributed by atoms with Gasteiger partial charge in [-0.15, -0.1) is 45.3 Å². The number of thiophene rings is 4. The first-order chi connectivity index (χ1) is 65.1. The Kier molecular flexibility index (Phi) is 57.3. The summed E-state index contributed by atoms with van der Waals surface area (Å²) in [5.74, 6) is -1.76. The Bertz CT molecular complexity index is 6590. The Hall–Kier alpha value is -7.58. The molecule has 0 bridgehead atoms. The predicted octanol–water partition coefficient (Wildman–Crippen LogP) is 2.45. The fourth-order valence-electron chi connectivity index (χ4n) is 11.3. The monoisotopic (exact) mass is 2270 g/mol. The number of sulfone groups is 4. The summed E-state index contributed by atoms with van der Waals surface area (Å²) in [6, 6.07) is 31.7. The Labute approximate surface area is 864 Å². The summed E-state index contributed by atoms with van der Waals surface area (Å²) < 4.78 is 249. The van der Waals surface area contributed by atoms with Crippen molar-refractivity contribution in [2.45, 2.75) is 156 Å². The number of sulfonamides is 4. The number of aliphatic hydroxyl groups is 1. The van der Waals surface area contributed by atoms with Crippen LogP contribution in [0.5, 0.6) is 0 Å². The molecule has 8 rings (SSSR count). The maximum Gasteiger partial charge on any atom is 1.00 e. The number of carboxylic acid groups (broad SMARTS) is 1. The topological polar surface area (TPSA) is 657 Å². The van der Waals surface area contributed by atoms with Crippen LogP contribution in [-0.4, -0.2) is 276 Å². The van der Waals surface area contributed by atoms with Crippen LogP contribution in [0.4, 0.5) is 0 Å². The SMILES string of the molecule is CC[C@@H](CO)NS(=O)(=O)c1cccc(CS(=O)CCCNC(=O)c2ccc(S(C)(=O)=O)s2)c1.CC[C@H](NS(=O)(=O)c1cccc(CS(=O)CCCNC(=O)c2ccc(S(C)(=O)=O)s2)c1)C(=O)OC.CC[C@H](NS(=O)(=O)c1cccc(CSCCCNC(=O)c2ccc(S(C)(=O)=O)s2)c1)C(=O)OC.CS(=O)(=O)c1ccc(C(=O)NCCCS(=O)Cc2cccc(S(=O)(=O)N[C@H](C=O)CC(=O)O)c2)s1.OO.[B].[H-].[Li+]. The summed E-state index contributed by atoms with van der Waals surface area (Å²) in [7, 11) is -30.8. The molecule has 0 fully saturated rings. The summed E-state index contributed by atoms with van der Waals surface area (Å²) in [6.07, 6.45) is 6.66. The normalized spacial score (nSPS) is 13.2. The molecule has 4 heterocycles. The van der Waals surface area contributed by atoms with Gasteiger partial charge in [-0.3, -0.25) is 56.7 Å². The molecule has 3 radical (unpaired) electrons. The molecule has 0 saturated carbocycles. The van der Waals surface area contributed by atoms with Crippen molar-refractivity contribution in [2.75, 3.05) is 95.0 Å². The van der Waals surface area contributed by atoms with Gasteiger partial charge in [-0.1, -0.05) is 69.3 Å². The molecule has 12 N–H and O–H groups in total. The van der Waals surface area contributed by atoms with E-state index in [2.05, 4.69) is 44.9 Å². The average molecular weight is 2270 g/mol. The van der Waals surface area contributed by atoms with Gasteiger partial charge in [0.1, 0.15) is 35.2 Å². The number of aldehydes is 1. The number of nitrogens with one attached hydrogen (secondary N) is 8. The zero-order chi connectivity index (χ0) is 104. The van der Waals surface area contributed by atoms with Gasteiger partial charge < -0.3 is 47.2 Å². The minimum absolute atomic E-state index is 0. The number of carbonyl (C=O) groups excluding carboxylic acids is 7. The minimum atomic E-state index is -4.17. The minimum Gasteiger partial charge on any atom is -1.00 e. The Morgan fingerprint density at radius 2 is 0.695 bits per heavy atom. The van der Waals surface area contributed by atoms with Gasteiger partial charge in [0.05, 0.1) is 72.4 Å². The van der Waals surface area contributed by atoms with E-state index in [0.29, 0.717) is 71.7 Å². The van der Waals surface area contributed by atoms with Gasteiger partial charge in [-0.05, 0) is 170 Å². The van der Waals surface area contributed by atoms with Crippen LogP contribution in [0.1, 0.15) is 135 Å². The predicted molar refractivity (Wildman–Crippen MR) is 538 cm³/mol. The van der Waals surface area contributed by atoms with Crippen LogP contribution < -0.4 is 59.0 Å². The van der Waals surface area contributed by atoms with Crippen LogP contribution in [0.3, 0.4) is 0 Å². The molecule has 8 aromatic rings. The zero-order valence-corrected chi connectivity index (χ0v) is 90.9. The van der Waals surface area contributed by atoms with E-state index in [1.807, 2.05) is 10.8 Å². The second-order valence-corrected chi connectivity index (χ2v) is 55.6. The van der Waals surface area contributed by atoms with Gasteiger partial charge in [0.2, 0.25) is 40.1 Å². The second-order valence-electron chi connectivity index (χ2n) is 29.6. The molecule has 4 aromatic carbocycles. The van der Waals surface area contributed by atoms with Gasteiger partial charge in [-0.2, -0.15) is 21.2 Å². The number of aliphatic carboxylic acids is 1. The Morgan fingerprint density at radius 1 is 0.418 bits per heavy atom. The molecule has 4 amide bonds. The zero-order valence-electron chi connectivity index (χ0n) is 78.8. The number of hydrogen-bond acceptors (Lipinski definition) is 37. The van der Waals surface area contributed by atoms with Crippen molar-refractivity contribution in [3.8, 4) is 0 Å². The van der Waals surface area contributed by atoms with E-state index >= 15 is 0 Å². The van der Waals surface area contributed by atoms with Gasteiger partial charge in [0, 0.05) is 138 Å². The number of benzene rings is 4. The maximum atomic E-state index is 12.6. The van der Waals surface area contributed by atoms with E-state index in [0.717, 1.165) is 81.7 Å². The number of esters is 2. The molecule has 59 heteroatoms. The fraction of sp³-hybridized carbons (Fsp3) is 0.415. The van der Waals surface area contributed by atoms with Crippen LogP contribution in [-0.2, 0) is 164 Å². The first-order valence-electron chi connectivity index (χ1n) is 41.2. The molecule has 3 unspecified atom stereocenters. The fourth-order valence-corrected chi connectivity index (χ4v) is 28.3. The first kappa shape index (κ1) is 129. The van der Waals surface area contributed by atoms with Crippen molar-refractivity contribution in [1.29, 1.82) is 0 Å². The number of carboxylic acids is 1. The third-order valence-electron chi connectivity index (χ3n) is 18.3. The van der Waals surface area contributed by atoms with Crippen molar-refractivity contribution in [1.82, 2.24) is 40.2 Å². The second kappa shape index (κ2) is 62.4. The smallest absolute Gasteiger partial charge is 1.00 e. The van der Waals surface area contributed by atoms with Crippen molar-refractivity contribution < 1.29 is 169 Å². The van der Waals surface area contributed by atoms with Gasteiger partial charge >= 0.3 is 36.8 Å². The van der Waals surface area contributed by atoms with Crippen LogP contribution in [0.25, 0.3) is 0 Å². The number of aliphatic hydroxyl groups excluding tert-OH is 1. The van der Waals surface area contributed by atoms with Gasteiger partial charge in [-0.25, -0.2) is 76.8 Å². The van der Waals surface area contributed by atoms with Crippen LogP contribution >= 0.6 is 57.1 Å². The molecule has 0 aliphatic rings. The van der Waals surface area contributed by atoms with Crippen LogP contribution in [0, 0.1) is 0 Å². The number of ether oxygens (including phenoxy) is 2. The number of rotatable bonds is 53. The standard InChI is InChI=1S/C21H28N2O8S4.C21H28N2O7S4.C20H24N2O9S4.C20H28N2O7S4.B.Li.H2O2.H/c1-4-17(21(25)31-2)23-35(29,30)16-8-5-7-15(13-16)14-33(26)12-6-11-22-20(24)18-9-10-19(32-18)34(3,27)28;1-4-17(21(25)30-2)23-34(28,29)16-8-5-7-15(13-16)14-31-12-6-11-22-20(24)18-9-10-19(32-18)33(3,26)27;1-34(28,29)19-7-6-17(32-19)20(26)21-8-3-9-33(27)13-14-4-2-5-16(10-14)35(30,31)22-15(12-23)11-18(24)25;1-3-16(13-23)22-33(28,29)17-7-4-6-15(12-17)14-31(25)11-5-10-21-20(24)18-8-9-19(30-18)32(2,26)27;;;1-2;/h5,7-10,13,17,23H,4,6,11-12,14H2,1-3H3,(H,22,24);5,7-10,13,17,23H,4,6,11-12,14H2,1-3H3,(H,22,24);2,4-7,10,12,15,22H,3,8-9,11,13H2,1H3,(H,21,26)(H,24,25);4,6-9,12,16,22-23H,3,5,10-11,13-14H2,1-2H3,(H,21,24);;;1-2H;/q;;;;;+1;;-1/t17-,33?;17-;15-,33?;16-,31?;;;;/m0000..../s1. The first-order valence-corrected chi connectivity index (χ1v) is 63.5. The molecule has 41 nitrogen and oxygen atoms in total. The van der Waals surface area contributed by atoms with E-state index in [9.17, 15) is 123 Å². The van der Waals surface area contributed by atoms with E-state index in [4.69, 9.17) is 15.6 Å². The van der Waals surface area contributed by atoms with Crippen molar-refractivity contribution in [3.05, 3.63) is 187 Å². The maximum absolute atomic E-state index is 12.6. The molecule has 0 aliphatic carbocycles. The number of carbonyl (C=O) groups is 8. The van der Waals surface area contributed by atoms with Crippen molar-refractivity contribution in [2.24, 2.45) is 0 Å².